The largest absolute Gasteiger partial charge is 0.507 e. The van der Waals surface area contributed by atoms with Crippen molar-refractivity contribution in [2.75, 3.05) is 79.1 Å². The highest BCUT2D eigenvalue weighted by Crippen LogP contribution is 2.55. The Morgan fingerprint density at radius 2 is 1.26 bits per heavy atom. The second-order valence-corrected chi connectivity index (χ2v) is 13.4. The van der Waals surface area contributed by atoms with Gasteiger partial charge in [-0.15, -0.1) is 0 Å². The molecule has 11 nitrogen and oxygen atoms in total. The van der Waals surface area contributed by atoms with Gasteiger partial charge < -0.3 is 43.7 Å². The number of hydrogen-bond acceptors (Lipinski definition) is 12. The minimum absolute atomic E-state index is 0.00459. The van der Waals surface area contributed by atoms with E-state index in [9.17, 15) is 19.8 Å². The minimum atomic E-state index is -0.426. The number of hydrogen-bond donors (Lipinski definition) is 3. The molecule has 0 heterocycles. The van der Waals surface area contributed by atoms with Crippen molar-refractivity contribution in [2.45, 2.75) is 26.2 Å². The molecule has 0 bridgehead atoms. The molecule has 0 saturated carbocycles. The highest BCUT2D eigenvalue weighted by molar-refractivity contribution is 7.99. The van der Waals surface area contributed by atoms with E-state index in [1.807, 2.05) is 13.0 Å². The van der Waals surface area contributed by atoms with E-state index in [1.165, 1.54) is 33.5 Å². The van der Waals surface area contributed by atoms with Gasteiger partial charge in [0, 0.05) is 50.6 Å². The molecule has 0 radical (unpaired) electrons. The number of phenolic OH excluding ortho intramolecular Hbond substituents is 2. The fourth-order valence-corrected chi connectivity index (χ4v) is 8.02. The predicted molar refractivity (Wildman–Crippen MR) is 197 cm³/mol. The van der Waals surface area contributed by atoms with E-state index in [1.54, 1.807) is 11.8 Å². The summed E-state index contributed by atoms with van der Waals surface area (Å²) in [6.45, 7) is 4.69. The SMILES string of the molecule is COc1c(O)c2c(=O)cc(OC)c3c4c(OC)cc(=O)c5c(O)c(CCCSCCOCCOCCOCCO)c6c(c(c1CC(C)=C6)c23)c54. The molecule has 1 aliphatic rings. The molecule has 266 valence electrons. The smallest absolute Gasteiger partial charge is 0.194 e. The van der Waals surface area contributed by atoms with E-state index in [4.69, 9.17) is 33.5 Å². The molecule has 1 aliphatic carbocycles. The Labute approximate surface area is 293 Å². The maximum Gasteiger partial charge on any atom is 0.194 e. The van der Waals surface area contributed by atoms with Crippen LogP contribution in [0.5, 0.6) is 28.7 Å². The van der Waals surface area contributed by atoms with Crippen LogP contribution >= 0.6 is 11.8 Å². The Kier molecular flexibility index (Phi) is 11.0. The molecular weight excluding hydrogens is 664 g/mol. The van der Waals surface area contributed by atoms with Gasteiger partial charge >= 0.3 is 0 Å². The van der Waals surface area contributed by atoms with Crippen LogP contribution in [0.2, 0.25) is 0 Å². The van der Waals surface area contributed by atoms with Crippen molar-refractivity contribution >= 4 is 60.9 Å². The van der Waals surface area contributed by atoms with E-state index in [2.05, 4.69) is 0 Å². The van der Waals surface area contributed by atoms with Gasteiger partial charge in [-0.1, -0.05) is 11.6 Å². The van der Waals surface area contributed by atoms with Gasteiger partial charge in [0.15, 0.2) is 22.4 Å². The Hall–Kier alpha value is -4.07. The molecule has 0 amide bonds. The summed E-state index contributed by atoms with van der Waals surface area (Å²) in [6.07, 6.45) is 3.67. The maximum atomic E-state index is 13.8. The summed E-state index contributed by atoms with van der Waals surface area (Å²) in [6, 6.07) is 2.69. The van der Waals surface area contributed by atoms with Crippen molar-refractivity contribution in [1.29, 1.82) is 0 Å². The summed E-state index contributed by atoms with van der Waals surface area (Å²) in [4.78, 5) is 27.5. The fourth-order valence-electron chi connectivity index (χ4n) is 7.23. The molecule has 12 heteroatoms. The van der Waals surface area contributed by atoms with Crippen LogP contribution in [0.25, 0.3) is 49.2 Å². The highest BCUT2D eigenvalue weighted by Gasteiger charge is 2.32. The molecule has 5 aromatic carbocycles. The van der Waals surface area contributed by atoms with Crippen LogP contribution in [0.4, 0.5) is 0 Å². The maximum absolute atomic E-state index is 13.8. The summed E-state index contributed by atoms with van der Waals surface area (Å²) in [5, 5.41) is 35.9. The number of fused-ring (bicyclic) bond motifs is 1. The zero-order valence-corrected chi connectivity index (χ0v) is 29.5. The molecule has 3 N–H and O–H groups in total. The summed E-state index contributed by atoms with van der Waals surface area (Å²) in [5.74, 6) is 2.03. The first kappa shape index (κ1) is 35.7. The van der Waals surface area contributed by atoms with E-state index >= 15 is 0 Å². The number of allylic oxidation sites excluding steroid dienone is 1. The lowest BCUT2D eigenvalue weighted by Gasteiger charge is -2.24. The number of rotatable bonds is 18. The van der Waals surface area contributed by atoms with Gasteiger partial charge in [0.1, 0.15) is 17.2 Å². The van der Waals surface area contributed by atoms with Crippen molar-refractivity contribution in [2.24, 2.45) is 0 Å². The first-order valence-corrected chi connectivity index (χ1v) is 17.8. The number of benzene rings is 5. The van der Waals surface area contributed by atoms with Gasteiger partial charge in [0.25, 0.3) is 0 Å². The number of methoxy groups -OCH3 is 3. The van der Waals surface area contributed by atoms with Crippen molar-refractivity contribution < 1.29 is 43.7 Å². The Balaban J connectivity index is 1.40. The van der Waals surface area contributed by atoms with Crippen LogP contribution in [-0.2, 0) is 27.1 Å². The molecule has 0 saturated heterocycles. The Bertz CT molecular complexity index is 2180. The number of aliphatic hydroxyl groups excluding tert-OH is 1. The number of phenols is 2. The van der Waals surface area contributed by atoms with Crippen LogP contribution in [0.15, 0.2) is 27.3 Å². The van der Waals surface area contributed by atoms with Crippen LogP contribution < -0.4 is 25.1 Å². The van der Waals surface area contributed by atoms with E-state index in [0.29, 0.717) is 95.9 Å². The van der Waals surface area contributed by atoms with Gasteiger partial charge in [-0.25, -0.2) is 0 Å². The molecule has 0 atom stereocenters. The lowest BCUT2D eigenvalue weighted by Crippen LogP contribution is -2.11. The third-order valence-electron chi connectivity index (χ3n) is 9.21. The van der Waals surface area contributed by atoms with E-state index in [-0.39, 0.29) is 51.6 Å². The first-order chi connectivity index (χ1) is 24.3. The topological polar surface area (TPSA) is 150 Å². The molecular formula is C38H42O11S. The molecule has 0 aromatic heterocycles. The van der Waals surface area contributed by atoms with E-state index in [0.717, 1.165) is 29.1 Å². The lowest BCUT2D eigenvalue weighted by atomic mass is 9.82. The number of aliphatic hydroxyl groups is 1. The van der Waals surface area contributed by atoms with Crippen LogP contribution in [0, 0.1) is 0 Å². The first-order valence-electron chi connectivity index (χ1n) is 16.6. The quantitative estimate of drug-likeness (QED) is 0.0640. The molecule has 5 aromatic rings. The third kappa shape index (κ3) is 6.24. The average Bonchev–Trinajstić information content (AvgIpc) is 3.25. The minimum Gasteiger partial charge on any atom is -0.507 e. The van der Waals surface area contributed by atoms with Gasteiger partial charge in [0.05, 0.1) is 78.4 Å². The van der Waals surface area contributed by atoms with Crippen molar-refractivity contribution in [1.82, 2.24) is 0 Å². The number of thioether (sulfide) groups is 1. The third-order valence-corrected chi connectivity index (χ3v) is 10.2. The van der Waals surface area contributed by atoms with Gasteiger partial charge in [0.2, 0.25) is 0 Å². The van der Waals surface area contributed by atoms with Crippen LogP contribution in [-0.4, -0.2) is 94.4 Å². The van der Waals surface area contributed by atoms with Gasteiger partial charge in [-0.05, 0) is 48.3 Å². The summed E-state index contributed by atoms with van der Waals surface area (Å²) >= 11 is 1.74. The van der Waals surface area contributed by atoms with Crippen molar-refractivity contribution in [3.63, 3.8) is 0 Å². The van der Waals surface area contributed by atoms with Gasteiger partial charge in [-0.3, -0.25) is 9.59 Å². The standard InChI is InChI=1S/C38H42O11S/c1-20-16-22-21(6-5-14-50-15-13-49-12-11-48-10-9-47-8-7-39)36(42)30-24(40)18-26(44-2)32-33-27(45-3)19-25(41)31-35(33)29(28(22)34(30)32)23(17-20)38(46-4)37(31)43/h16,18-19,39,42-43H,5-15,17H2,1-4H3. The molecule has 0 aliphatic heterocycles. The number of ether oxygens (including phenoxy) is 6. The summed E-state index contributed by atoms with van der Waals surface area (Å²) in [5.41, 5.74) is 2.25. The zero-order chi connectivity index (χ0) is 35.5. The monoisotopic (exact) mass is 706 g/mol. The average molecular weight is 707 g/mol. The van der Waals surface area contributed by atoms with Crippen LogP contribution in [0.3, 0.4) is 0 Å². The fraction of sp³-hybridized carbons (Fsp3) is 0.421. The summed E-state index contributed by atoms with van der Waals surface area (Å²) in [7, 11) is 4.41. The zero-order valence-electron chi connectivity index (χ0n) is 28.7. The highest BCUT2D eigenvalue weighted by atomic mass is 32.2. The van der Waals surface area contributed by atoms with Crippen molar-refractivity contribution in [3.05, 3.63) is 54.8 Å². The second kappa shape index (κ2) is 15.4. The normalized spacial score (nSPS) is 12.9. The molecule has 0 spiro atoms. The second-order valence-electron chi connectivity index (χ2n) is 12.2. The Morgan fingerprint density at radius 3 is 1.86 bits per heavy atom. The summed E-state index contributed by atoms with van der Waals surface area (Å²) < 4.78 is 33.6. The van der Waals surface area contributed by atoms with Crippen molar-refractivity contribution in [3.8, 4) is 28.7 Å². The molecule has 0 unspecified atom stereocenters. The van der Waals surface area contributed by atoms with Gasteiger partial charge in [-0.2, -0.15) is 11.8 Å². The number of aromatic hydroxyl groups is 2. The molecule has 0 fully saturated rings. The van der Waals surface area contributed by atoms with Crippen LogP contribution in [0.1, 0.15) is 30.0 Å². The Morgan fingerprint density at radius 1 is 0.680 bits per heavy atom. The molecule has 6 rings (SSSR count). The van der Waals surface area contributed by atoms with E-state index < -0.39 is 5.43 Å². The molecule has 50 heavy (non-hydrogen) atoms. The lowest BCUT2D eigenvalue weighted by molar-refractivity contribution is 0.0100. The predicted octanol–water partition coefficient (Wildman–Crippen LogP) is 5.00.